The van der Waals surface area contributed by atoms with E-state index >= 15 is 0 Å². The van der Waals surface area contributed by atoms with Crippen LogP contribution in [0, 0.1) is 139 Å². The average molecular weight is 2170 g/mol. The molecule has 12 aromatic carbocycles. The van der Waals surface area contributed by atoms with Crippen LogP contribution >= 0.6 is 0 Å². The smallest absolute Gasteiger partial charge is 0.164 e. The Bertz CT molecular complexity index is 5080. The summed E-state index contributed by atoms with van der Waals surface area (Å²) in [6.45, 7) is 54.9. The average Bonchev–Trinajstić information content (AvgIpc) is 0.787. The summed E-state index contributed by atoms with van der Waals surface area (Å²) in [4.78, 5) is 32.7. The number of carbonyl (C=O) groups is 3. The van der Waals surface area contributed by atoms with E-state index < -0.39 is 5.41 Å². The van der Waals surface area contributed by atoms with E-state index in [1.165, 1.54) is 165 Å². The second kappa shape index (κ2) is 49.0. The maximum absolute atomic E-state index is 11.5. The Kier molecular flexibility index (Phi) is 42.4. The number of aliphatic hydroxyl groups excluding tert-OH is 3. The molecule has 3 radical (unpaired) electrons. The van der Waals surface area contributed by atoms with Gasteiger partial charge in [0, 0.05) is 102 Å². The molecule has 0 fully saturated rings. The fraction of sp³-hybridized carbons (Fsp3) is 0.342. The molecule has 0 bridgehead atoms. The molecule has 0 heterocycles. The van der Waals surface area contributed by atoms with Gasteiger partial charge in [-0.2, -0.15) is 89.5 Å². The zero-order valence-corrected chi connectivity index (χ0v) is 85.2. The molecule has 0 aliphatic rings. The van der Waals surface area contributed by atoms with Gasteiger partial charge in [-0.05, 0) is 117 Å². The first-order chi connectivity index (χ1) is 56.2. The van der Waals surface area contributed by atoms with Crippen LogP contribution in [-0.4, -0.2) is 32.7 Å². The molecule has 0 aromatic heterocycles. The largest absolute Gasteiger partial charge is 0.512 e. The molecule has 3 N–H and O–H groups in total. The van der Waals surface area contributed by atoms with Crippen LogP contribution < -0.4 is 0 Å². The number of benzene rings is 12. The summed E-state index contributed by atoms with van der Waals surface area (Å²) in [6.07, 6.45) is 8.13. The Labute approximate surface area is 780 Å². The molecule has 123 heavy (non-hydrogen) atoms. The van der Waals surface area contributed by atoms with Gasteiger partial charge in [-0.1, -0.05) is 294 Å². The van der Waals surface area contributed by atoms with Gasteiger partial charge in [0.2, 0.25) is 0 Å². The molecule has 657 valence electrons. The quantitative estimate of drug-likeness (QED) is 0.0422. The van der Waals surface area contributed by atoms with Crippen molar-refractivity contribution < 1.29 is 90.0 Å². The standard InChI is InChI=1S/3C29H28.2C11H20O2.C5H8O2.3Ir/c3*1-19(2)12-28-17-27(26-14-21(4)13-22(5)15-26)16-25-11-10-24(18-29(25)28)23-8-6-20(3)7-9-23;1-10(2,3)8(12)7-9(13)11(4,5)6;1-8(2)5-10(12)7-11(13)6-9(3)4;1-4(6)3-5(2)7;;;/h3*6-11,13-14,17-19H,12H2,1-5H3;7,12H,1-6H3;7-9,12H,5-6H2,1-4H3;3,6H,1-2H3;;;/q3*-2;;;;;;. The molecule has 12 rings (SSSR count). The second-order valence-corrected chi connectivity index (χ2v) is 37.1. The van der Waals surface area contributed by atoms with Crippen molar-refractivity contribution in [3.63, 3.8) is 0 Å². The summed E-state index contributed by atoms with van der Waals surface area (Å²) >= 11 is 0. The molecule has 0 unspecified atom stereocenters. The second-order valence-electron chi connectivity index (χ2n) is 37.1. The van der Waals surface area contributed by atoms with Crippen LogP contribution in [0.5, 0.6) is 0 Å². The number of aliphatic hydroxyl groups is 3. The van der Waals surface area contributed by atoms with Gasteiger partial charge in [-0.25, -0.2) is 16.7 Å². The number of hydrogen-bond acceptors (Lipinski definition) is 6. The van der Waals surface area contributed by atoms with Crippen molar-refractivity contribution in [1.82, 2.24) is 0 Å². The van der Waals surface area contributed by atoms with E-state index in [0.29, 0.717) is 42.4 Å². The third kappa shape index (κ3) is 34.8. The van der Waals surface area contributed by atoms with Crippen LogP contribution in [0.2, 0.25) is 0 Å². The SMILES string of the molecule is CC(=O)C=C(C)O.CC(C)(C)C(=O)C=C(O)C(C)(C)C.CC(C)CC(=O)C=C(O)CC(C)C.Cc1[c-]c(-c2[c-]c3ccc(-c4ccc(C)cc4)cc3c(CC(C)C)c2)cc(C)c1.Cc1[c-]c(-c2[c-]c3ccc(-c4ccc(C)cc4)cc3c(CC(C)C)c2)cc(C)c1.Cc1[c-]c(-c2[c-]c3ccc(-c4ccc(C)cc4)cc3c(CC(C)C)c2)cc(C)c1.[Ir].[Ir].[Ir]. The van der Waals surface area contributed by atoms with Gasteiger partial charge in [0.1, 0.15) is 5.76 Å². The first kappa shape index (κ1) is 106. The summed E-state index contributed by atoms with van der Waals surface area (Å²) in [6, 6.07) is 88.4. The molecule has 0 spiro atoms. The summed E-state index contributed by atoms with van der Waals surface area (Å²) in [5.74, 6) is 2.81. The number of allylic oxidation sites excluding steroid dienone is 6. The number of rotatable bonds is 19. The Morgan fingerprint density at radius 2 is 0.593 bits per heavy atom. The topological polar surface area (TPSA) is 112 Å². The number of ketones is 3. The monoisotopic (exact) mass is 2180 g/mol. The summed E-state index contributed by atoms with van der Waals surface area (Å²) in [7, 11) is 0. The van der Waals surface area contributed by atoms with E-state index in [-0.39, 0.29) is 100 Å². The van der Waals surface area contributed by atoms with Crippen molar-refractivity contribution in [2.24, 2.45) is 40.4 Å². The minimum Gasteiger partial charge on any atom is -0.512 e. The molecule has 0 amide bonds. The normalized spacial score (nSPS) is 11.6. The number of hydrogen-bond donors (Lipinski definition) is 3. The first-order valence-electron chi connectivity index (χ1n) is 42.7. The van der Waals surface area contributed by atoms with Crippen LogP contribution in [0.25, 0.3) is 99.1 Å². The summed E-state index contributed by atoms with van der Waals surface area (Å²) in [5.41, 5.74) is 29.0. The van der Waals surface area contributed by atoms with Gasteiger partial charge in [0.05, 0.1) is 11.5 Å². The van der Waals surface area contributed by atoms with Gasteiger partial charge in [-0.15, -0.1) is 103 Å². The Balaban J connectivity index is 0.000000325. The third-order valence-corrected chi connectivity index (χ3v) is 20.0. The van der Waals surface area contributed by atoms with Crippen LogP contribution in [0.15, 0.2) is 217 Å². The van der Waals surface area contributed by atoms with Gasteiger partial charge >= 0.3 is 0 Å². The fourth-order valence-corrected chi connectivity index (χ4v) is 14.2. The van der Waals surface area contributed by atoms with Gasteiger partial charge < -0.3 is 15.3 Å². The van der Waals surface area contributed by atoms with Crippen molar-refractivity contribution in [2.45, 2.75) is 219 Å². The van der Waals surface area contributed by atoms with Gasteiger partial charge in [-0.3, -0.25) is 14.4 Å². The van der Waals surface area contributed by atoms with E-state index in [2.05, 4.69) is 322 Å². The van der Waals surface area contributed by atoms with Crippen LogP contribution in [0.3, 0.4) is 0 Å². The Hall–Kier alpha value is -9.00. The van der Waals surface area contributed by atoms with Crippen molar-refractivity contribution >= 4 is 49.7 Å². The Morgan fingerprint density at radius 1 is 0.317 bits per heavy atom. The van der Waals surface area contributed by atoms with E-state index in [1.54, 1.807) is 0 Å². The van der Waals surface area contributed by atoms with Crippen LogP contribution in [-0.2, 0) is 94.0 Å². The van der Waals surface area contributed by atoms with Crippen molar-refractivity contribution in [1.29, 1.82) is 0 Å². The molecule has 12 aromatic rings. The molecule has 0 aliphatic carbocycles. The minimum absolute atomic E-state index is 0. The number of fused-ring (bicyclic) bond motifs is 3. The van der Waals surface area contributed by atoms with Crippen molar-refractivity contribution in [2.75, 3.05) is 0 Å². The summed E-state index contributed by atoms with van der Waals surface area (Å²) < 4.78 is 0. The predicted molar refractivity (Wildman–Crippen MR) is 512 cm³/mol. The molecular formula is C114H132Ir3O6-6. The van der Waals surface area contributed by atoms with Crippen LogP contribution in [0.1, 0.15) is 204 Å². The number of aryl methyl sites for hydroxylation is 9. The molecule has 9 heteroatoms. The minimum atomic E-state index is -0.417. The van der Waals surface area contributed by atoms with E-state index in [4.69, 9.17) is 5.11 Å². The molecule has 0 aliphatic heterocycles. The molecule has 0 atom stereocenters. The molecule has 6 nitrogen and oxygen atoms in total. The third-order valence-electron chi connectivity index (χ3n) is 20.0. The van der Waals surface area contributed by atoms with Crippen molar-refractivity contribution in [3.05, 3.63) is 321 Å². The van der Waals surface area contributed by atoms with E-state index in [0.717, 1.165) is 52.6 Å². The van der Waals surface area contributed by atoms with E-state index in [9.17, 15) is 24.6 Å². The van der Waals surface area contributed by atoms with E-state index in [1.807, 2.05) is 69.2 Å². The Morgan fingerprint density at radius 3 is 0.821 bits per heavy atom. The first-order valence-corrected chi connectivity index (χ1v) is 42.7. The maximum Gasteiger partial charge on any atom is 0.164 e. The molecule has 0 saturated carbocycles. The zero-order valence-electron chi connectivity index (χ0n) is 78.0. The van der Waals surface area contributed by atoms with Crippen molar-refractivity contribution in [3.8, 4) is 66.8 Å². The number of carbonyl (C=O) groups excluding carboxylic acids is 3. The zero-order chi connectivity index (χ0) is 88.8. The van der Waals surface area contributed by atoms with Crippen LogP contribution in [0.4, 0.5) is 0 Å². The predicted octanol–water partition coefficient (Wildman–Crippen LogP) is 30.9. The molecular weight excluding hydrogens is 2040 g/mol. The molecule has 0 saturated heterocycles. The summed E-state index contributed by atoms with van der Waals surface area (Å²) in [5, 5.41) is 34.7. The van der Waals surface area contributed by atoms with Gasteiger partial charge in [0.15, 0.2) is 17.3 Å². The van der Waals surface area contributed by atoms with Gasteiger partial charge in [0.25, 0.3) is 0 Å². The maximum atomic E-state index is 11.5. The fourth-order valence-electron chi connectivity index (χ4n) is 14.2.